The van der Waals surface area contributed by atoms with Gasteiger partial charge in [0.2, 0.25) is 0 Å². The van der Waals surface area contributed by atoms with Crippen LogP contribution in [0.4, 0.5) is 0 Å². The van der Waals surface area contributed by atoms with Crippen molar-refractivity contribution < 1.29 is 5.11 Å². The molecule has 0 amide bonds. The molecule has 24 heavy (non-hydrogen) atoms. The van der Waals surface area contributed by atoms with E-state index in [-0.39, 0.29) is 0 Å². The summed E-state index contributed by atoms with van der Waals surface area (Å²) < 4.78 is 0. The summed E-state index contributed by atoms with van der Waals surface area (Å²) in [4.78, 5) is 2.68. The Kier molecular flexibility index (Phi) is 4.30. The van der Waals surface area contributed by atoms with E-state index in [2.05, 4.69) is 40.5 Å². The van der Waals surface area contributed by atoms with Crippen LogP contribution in [0.3, 0.4) is 0 Å². The van der Waals surface area contributed by atoms with E-state index in [1.54, 1.807) is 12.1 Å². The summed E-state index contributed by atoms with van der Waals surface area (Å²) in [6.07, 6.45) is 3.66. The fourth-order valence-corrected chi connectivity index (χ4v) is 3.99. The van der Waals surface area contributed by atoms with E-state index < -0.39 is 0 Å². The fraction of sp³-hybridized carbons (Fsp3) is 0.429. The van der Waals surface area contributed by atoms with Crippen LogP contribution in [0.15, 0.2) is 54.6 Å². The van der Waals surface area contributed by atoms with Crippen molar-refractivity contribution in [2.45, 2.75) is 30.7 Å². The third-order valence-electron chi connectivity index (χ3n) is 5.63. The molecule has 1 atom stereocenters. The van der Waals surface area contributed by atoms with Crippen molar-refractivity contribution in [2.24, 2.45) is 0 Å². The first-order chi connectivity index (χ1) is 11.8. The zero-order valence-corrected chi connectivity index (χ0v) is 14.1. The van der Waals surface area contributed by atoms with Crippen LogP contribution in [0.25, 0.3) is 0 Å². The van der Waals surface area contributed by atoms with Crippen LogP contribution in [-0.4, -0.2) is 42.2 Å². The van der Waals surface area contributed by atoms with Crippen LogP contribution in [0.5, 0.6) is 5.75 Å². The number of nitrogens with one attached hydrogen (secondary N) is 1. The lowest BCUT2D eigenvalue weighted by Gasteiger charge is -2.39. The topological polar surface area (TPSA) is 35.5 Å². The Balaban J connectivity index is 1.47. The smallest absolute Gasteiger partial charge is 0.115 e. The second kappa shape index (κ2) is 6.58. The molecule has 2 aromatic carbocycles. The maximum Gasteiger partial charge on any atom is 0.115 e. The number of rotatable bonds is 5. The molecule has 1 saturated heterocycles. The molecule has 4 rings (SSSR count). The second-order valence-electron chi connectivity index (χ2n) is 7.35. The molecule has 2 N–H and O–H groups in total. The number of hydrogen-bond acceptors (Lipinski definition) is 3. The first-order valence-electron chi connectivity index (χ1n) is 9.03. The van der Waals surface area contributed by atoms with Gasteiger partial charge in [0.25, 0.3) is 0 Å². The maximum absolute atomic E-state index is 9.48. The lowest BCUT2D eigenvalue weighted by molar-refractivity contribution is 0.146. The molecular formula is C21H26N2O. The van der Waals surface area contributed by atoms with Gasteiger partial charge in [0.15, 0.2) is 0 Å². The van der Waals surface area contributed by atoms with Crippen molar-refractivity contribution in [1.29, 1.82) is 0 Å². The summed E-state index contributed by atoms with van der Waals surface area (Å²) >= 11 is 0. The first kappa shape index (κ1) is 15.7. The molecule has 126 valence electrons. The highest BCUT2D eigenvalue weighted by Gasteiger charge is 2.46. The molecule has 2 fully saturated rings. The summed E-state index contributed by atoms with van der Waals surface area (Å²) in [5.74, 6) is 0.346. The largest absolute Gasteiger partial charge is 0.508 e. The highest BCUT2D eigenvalue weighted by Crippen LogP contribution is 2.49. The molecule has 1 heterocycles. The van der Waals surface area contributed by atoms with Crippen LogP contribution in [0.1, 0.15) is 24.0 Å². The zero-order valence-electron chi connectivity index (χ0n) is 14.1. The Morgan fingerprint density at radius 1 is 1.04 bits per heavy atom. The highest BCUT2D eigenvalue weighted by atomic mass is 16.3. The molecule has 0 radical (unpaired) electrons. The quantitative estimate of drug-likeness (QED) is 0.888. The monoisotopic (exact) mass is 322 g/mol. The van der Waals surface area contributed by atoms with E-state index in [1.807, 2.05) is 12.1 Å². The molecule has 1 aliphatic carbocycles. The summed E-state index contributed by atoms with van der Waals surface area (Å²) in [7, 11) is 0. The van der Waals surface area contributed by atoms with Crippen molar-refractivity contribution in [3.05, 3.63) is 65.7 Å². The Morgan fingerprint density at radius 3 is 2.50 bits per heavy atom. The molecule has 0 aromatic heterocycles. The Morgan fingerprint density at radius 2 is 1.79 bits per heavy atom. The van der Waals surface area contributed by atoms with E-state index in [0.29, 0.717) is 17.2 Å². The minimum atomic E-state index is 0.346. The second-order valence-corrected chi connectivity index (χ2v) is 7.35. The van der Waals surface area contributed by atoms with Gasteiger partial charge in [-0.05, 0) is 42.5 Å². The van der Waals surface area contributed by atoms with Crippen molar-refractivity contribution >= 4 is 0 Å². The first-order valence-corrected chi connectivity index (χ1v) is 9.03. The SMILES string of the molecule is Oc1ccc(C[C@@H]2CNCCN2CC2(c3ccccc3)CC2)cc1. The van der Waals surface area contributed by atoms with E-state index in [0.717, 1.165) is 26.1 Å². The number of piperazine rings is 1. The molecule has 1 saturated carbocycles. The number of aromatic hydroxyl groups is 1. The zero-order chi connectivity index (χ0) is 16.4. The van der Waals surface area contributed by atoms with Crippen LogP contribution < -0.4 is 5.32 Å². The number of benzene rings is 2. The Hall–Kier alpha value is -1.84. The molecule has 2 aromatic rings. The summed E-state index contributed by atoms with van der Waals surface area (Å²) in [5.41, 5.74) is 3.19. The van der Waals surface area contributed by atoms with E-state index >= 15 is 0 Å². The number of nitrogens with zero attached hydrogens (tertiary/aromatic N) is 1. The highest BCUT2D eigenvalue weighted by molar-refractivity contribution is 5.32. The van der Waals surface area contributed by atoms with Crippen molar-refractivity contribution in [3.63, 3.8) is 0 Å². The van der Waals surface area contributed by atoms with Gasteiger partial charge in [0, 0.05) is 37.6 Å². The van der Waals surface area contributed by atoms with E-state index in [4.69, 9.17) is 0 Å². The van der Waals surface area contributed by atoms with Crippen LogP contribution in [-0.2, 0) is 11.8 Å². The van der Waals surface area contributed by atoms with Crippen molar-refractivity contribution in [1.82, 2.24) is 10.2 Å². The average molecular weight is 322 g/mol. The van der Waals surface area contributed by atoms with Crippen molar-refractivity contribution in [3.8, 4) is 5.75 Å². The molecule has 3 heteroatoms. The predicted molar refractivity (Wildman–Crippen MR) is 97.4 cm³/mol. The molecule has 0 bridgehead atoms. The Bertz CT molecular complexity index is 664. The third kappa shape index (κ3) is 3.33. The molecule has 0 unspecified atom stereocenters. The standard InChI is InChI=1S/C21H26N2O/c24-20-8-6-17(7-9-20)14-19-15-22-12-13-23(19)16-21(10-11-21)18-4-2-1-3-5-18/h1-9,19,22,24H,10-16H2/t19-/m1/s1. The lowest BCUT2D eigenvalue weighted by atomic mass is 9.93. The Labute approximate surface area is 144 Å². The number of hydrogen-bond donors (Lipinski definition) is 2. The van der Waals surface area contributed by atoms with Gasteiger partial charge in [-0.25, -0.2) is 0 Å². The minimum absolute atomic E-state index is 0.346. The van der Waals surface area contributed by atoms with Gasteiger partial charge >= 0.3 is 0 Å². The summed E-state index contributed by atoms with van der Waals surface area (Å²) in [6, 6.07) is 19.3. The van der Waals surface area contributed by atoms with Gasteiger partial charge in [0.05, 0.1) is 0 Å². The molecule has 3 nitrogen and oxygen atoms in total. The van der Waals surface area contributed by atoms with Gasteiger partial charge in [-0.15, -0.1) is 0 Å². The van der Waals surface area contributed by atoms with E-state index in [9.17, 15) is 5.11 Å². The number of phenols is 1. The minimum Gasteiger partial charge on any atom is -0.508 e. The predicted octanol–water partition coefficient (Wildman–Crippen LogP) is 2.94. The maximum atomic E-state index is 9.48. The molecule has 1 aliphatic heterocycles. The molecular weight excluding hydrogens is 296 g/mol. The van der Waals surface area contributed by atoms with Crippen LogP contribution >= 0.6 is 0 Å². The molecule has 0 spiro atoms. The third-order valence-corrected chi connectivity index (χ3v) is 5.63. The summed E-state index contributed by atoms with van der Waals surface area (Å²) in [6.45, 7) is 4.42. The lowest BCUT2D eigenvalue weighted by Crippen LogP contribution is -2.54. The van der Waals surface area contributed by atoms with Crippen LogP contribution in [0.2, 0.25) is 0 Å². The normalized spacial score (nSPS) is 23.1. The van der Waals surface area contributed by atoms with Gasteiger partial charge in [0.1, 0.15) is 5.75 Å². The van der Waals surface area contributed by atoms with Gasteiger partial charge < -0.3 is 10.4 Å². The summed E-state index contributed by atoms with van der Waals surface area (Å²) in [5, 5.41) is 13.0. The van der Waals surface area contributed by atoms with Crippen molar-refractivity contribution in [2.75, 3.05) is 26.2 Å². The molecule has 2 aliphatic rings. The van der Waals surface area contributed by atoms with E-state index in [1.165, 1.54) is 30.5 Å². The number of phenolic OH excluding ortho intramolecular Hbond substituents is 1. The van der Waals surface area contributed by atoms with Gasteiger partial charge in [-0.1, -0.05) is 42.5 Å². The van der Waals surface area contributed by atoms with Gasteiger partial charge in [-0.2, -0.15) is 0 Å². The van der Waals surface area contributed by atoms with Gasteiger partial charge in [-0.3, -0.25) is 4.90 Å². The average Bonchev–Trinajstić information content (AvgIpc) is 3.40. The van der Waals surface area contributed by atoms with Crippen LogP contribution in [0, 0.1) is 0 Å². The fourth-order valence-electron chi connectivity index (χ4n) is 3.99.